The summed E-state index contributed by atoms with van der Waals surface area (Å²) in [6.45, 7) is 7.89. The van der Waals surface area contributed by atoms with Gasteiger partial charge in [0.05, 0.1) is 11.8 Å². The smallest absolute Gasteiger partial charge is 0.252 e. The molecule has 0 saturated carbocycles. The molecule has 0 aliphatic heterocycles. The number of hydrogen-bond donors (Lipinski definition) is 1. The van der Waals surface area contributed by atoms with E-state index in [9.17, 15) is 4.79 Å². The maximum Gasteiger partial charge on any atom is 0.252 e. The van der Waals surface area contributed by atoms with Crippen molar-refractivity contribution in [2.75, 3.05) is 0 Å². The molecule has 0 unspecified atom stereocenters. The normalized spacial score (nSPS) is 13.0. The molecule has 0 fully saturated rings. The average molecular weight is 323 g/mol. The van der Waals surface area contributed by atoms with Crippen LogP contribution in [0.25, 0.3) is 0 Å². The van der Waals surface area contributed by atoms with E-state index >= 15 is 0 Å². The molecule has 2 rings (SSSR count). The molecule has 0 saturated heterocycles. The Labute approximate surface area is 134 Å². The zero-order valence-electron chi connectivity index (χ0n) is 13.0. The molecule has 1 aromatic carbocycles. The summed E-state index contributed by atoms with van der Waals surface area (Å²) < 4.78 is 11.5. The minimum atomic E-state index is -0.604. The summed E-state index contributed by atoms with van der Waals surface area (Å²) in [5, 5.41) is 0.417. The molecule has 0 aliphatic rings. The van der Waals surface area contributed by atoms with Gasteiger partial charge < -0.3 is 14.9 Å². The predicted molar refractivity (Wildman–Crippen MR) is 84.2 cm³/mol. The number of benzene rings is 1. The summed E-state index contributed by atoms with van der Waals surface area (Å²) in [7, 11) is 0. The van der Waals surface area contributed by atoms with Crippen LogP contribution in [0.5, 0.6) is 5.75 Å². The Kier molecular flexibility index (Phi) is 4.47. The molecule has 0 aliphatic carbocycles. The molecule has 1 amide bonds. The molecule has 1 aromatic heterocycles. The van der Waals surface area contributed by atoms with Crippen LogP contribution >= 0.6 is 11.6 Å². The SMILES string of the molecule is C[C@H](Oc1ccc(Cl)cc1C(N)=O)c1ncc(C(C)(C)C)o1. The summed E-state index contributed by atoms with van der Waals surface area (Å²) >= 11 is 5.87. The highest BCUT2D eigenvalue weighted by molar-refractivity contribution is 6.31. The summed E-state index contributed by atoms with van der Waals surface area (Å²) in [5.41, 5.74) is 5.43. The van der Waals surface area contributed by atoms with Crippen LogP contribution in [0.2, 0.25) is 5.02 Å². The molecular weight excluding hydrogens is 304 g/mol. The van der Waals surface area contributed by atoms with Crippen LogP contribution in [0.4, 0.5) is 0 Å². The Morgan fingerprint density at radius 1 is 1.41 bits per heavy atom. The number of carbonyl (C=O) groups is 1. The van der Waals surface area contributed by atoms with Crippen LogP contribution in [-0.4, -0.2) is 10.9 Å². The third kappa shape index (κ3) is 3.60. The van der Waals surface area contributed by atoms with E-state index in [1.807, 2.05) is 20.8 Å². The van der Waals surface area contributed by atoms with Crippen molar-refractivity contribution in [3.63, 3.8) is 0 Å². The summed E-state index contributed by atoms with van der Waals surface area (Å²) in [6, 6.07) is 4.71. The van der Waals surface area contributed by atoms with Crippen molar-refractivity contribution in [3.05, 3.63) is 46.6 Å². The lowest BCUT2D eigenvalue weighted by molar-refractivity contribution is 0.0991. The highest BCUT2D eigenvalue weighted by Gasteiger charge is 2.23. The fourth-order valence-electron chi connectivity index (χ4n) is 1.86. The predicted octanol–water partition coefficient (Wildman–Crippen LogP) is 3.86. The Bertz CT molecular complexity index is 689. The fourth-order valence-corrected chi connectivity index (χ4v) is 2.03. The monoisotopic (exact) mass is 322 g/mol. The average Bonchev–Trinajstić information content (AvgIpc) is 2.90. The summed E-state index contributed by atoms with van der Waals surface area (Å²) in [4.78, 5) is 15.7. The van der Waals surface area contributed by atoms with Crippen molar-refractivity contribution < 1.29 is 13.9 Å². The maximum atomic E-state index is 11.5. The van der Waals surface area contributed by atoms with E-state index in [0.29, 0.717) is 16.7 Å². The first kappa shape index (κ1) is 16.4. The van der Waals surface area contributed by atoms with E-state index < -0.39 is 12.0 Å². The first-order valence-electron chi connectivity index (χ1n) is 6.90. The number of nitrogens with two attached hydrogens (primary N) is 1. The molecule has 118 valence electrons. The topological polar surface area (TPSA) is 78.4 Å². The number of oxazole rings is 1. The number of amides is 1. The van der Waals surface area contributed by atoms with Crippen LogP contribution in [0, 0.1) is 0 Å². The van der Waals surface area contributed by atoms with Crippen molar-refractivity contribution in [2.24, 2.45) is 5.73 Å². The zero-order valence-corrected chi connectivity index (χ0v) is 13.8. The van der Waals surface area contributed by atoms with Crippen LogP contribution in [0.15, 0.2) is 28.8 Å². The van der Waals surface area contributed by atoms with Gasteiger partial charge in [-0.25, -0.2) is 4.98 Å². The van der Waals surface area contributed by atoms with E-state index in [4.69, 9.17) is 26.5 Å². The van der Waals surface area contributed by atoms with Crippen molar-refractivity contribution in [3.8, 4) is 5.75 Å². The lowest BCUT2D eigenvalue weighted by Crippen LogP contribution is -2.14. The number of primary amides is 1. The number of carbonyl (C=O) groups excluding carboxylic acids is 1. The van der Waals surface area contributed by atoms with Gasteiger partial charge in [-0.1, -0.05) is 32.4 Å². The van der Waals surface area contributed by atoms with Gasteiger partial charge in [-0.3, -0.25) is 4.79 Å². The highest BCUT2D eigenvalue weighted by Crippen LogP contribution is 2.29. The number of nitrogens with zero attached hydrogens (tertiary/aromatic N) is 1. The molecule has 5 nitrogen and oxygen atoms in total. The number of hydrogen-bond acceptors (Lipinski definition) is 4. The van der Waals surface area contributed by atoms with Gasteiger partial charge in [0.2, 0.25) is 5.89 Å². The van der Waals surface area contributed by atoms with Gasteiger partial charge in [-0.15, -0.1) is 0 Å². The van der Waals surface area contributed by atoms with Gasteiger partial charge >= 0.3 is 0 Å². The van der Waals surface area contributed by atoms with Crippen molar-refractivity contribution in [1.29, 1.82) is 0 Å². The van der Waals surface area contributed by atoms with E-state index in [0.717, 1.165) is 5.76 Å². The highest BCUT2D eigenvalue weighted by atomic mass is 35.5. The van der Waals surface area contributed by atoms with Crippen molar-refractivity contribution in [1.82, 2.24) is 4.98 Å². The van der Waals surface area contributed by atoms with E-state index in [2.05, 4.69) is 4.98 Å². The Balaban J connectivity index is 2.24. The third-order valence-electron chi connectivity index (χ3n) is 3.12. The van der Waals surface area contributed by atoms with Crippen LogP contribution in [0.3, 0.4) is 0 Å². The van der Waals surface area contributed by atoms with Crippen molar-refractivity contribution >= 4 is 17.5 Å². The second-order valence-corrected chi connectivity index (χ2v) is 6.51. The second kappa shape index (κ2) is 6.01. The largest absolute Gasteiger partial charge is 0.480 e. The van der Waals surface area contributed by atoms with Gasteiger partial charge in [0.25, 0.3) is 5.91 Å². The third-order valence-corrected chi connectivity index (χ3v) is 3.36. The Hall–Kier alpha value is -2.01. The molecule has 0 spiro atoms. The van der Waals surface area contributed by atoms with Gasteiger partial charge in [-0.2, -0.15) is 0 Å². The fraction of sp³-hybridized carbons (Fsp3) is 0.375. The van der Waals surface area contributed by atoms with E-state index in [1.54, 1.807) is 25.3 Å². The molecule has 22 heavy (non-hydrogen) atoms. The Morgan fingerprint density at radius 2 is 2.09 bits per heavy atom. The Morgan fingerprint density at radius 3 is 2.64 bits per heavy atom. The van der Waals surface area contributed by atoms with Gasteiger partial charge in [0.1, 0.15) is 11.5 Å². The second-order valence-electron chi connectivity index (χ2n) is 6.08. The van der Waals surface area contributed by atoms with E-state index in [-0.39, 0.29) is 11.0 Å². The molecule has 1 atom stereocenters. The zero-order chi connectivity index (χ0) is 16.5. The minimum Gasteiger partial charge on any atom is -0.480 e. The van der Waals surface area contributed by atoms with Gasteiger partial charge in [0, 0.05) is 10.4 Å². The first-order valence-corrected chi connectivity index (χ1v) is 7.28. The summed E-state index contributed by atoms with van der Waals surface area (Å²) in [6.07, 6.45) is 1.22. The molecule has 1 heterocycles. The maximum absolute atomic E-state index is 11.5. The number of ether oxygens (including phenoxy) is 1. The number of rotatable bonds is 4. The quantitative estimate of drug-likeness (QED) is 0.926. The lowest BCUT2D eigenvalue weighted by atomic mass is 9.94. The molecular formula is C16H19ClN2O3. The van der Waals surface area contributed by atoms with Crippen LogP contribution in [0.1, 0.15) is 55.8 Å². The van der Waals surface area contributed by atoms with Gasteiger partial charge in [0.15, 0.2) is 6.10 Å². The summed E-state index contributed by atoms with van der Waals surface area (Å²) in [5.74, 6) is 0.951. The number of halogens is 1. The standard InChI is InChI=1S/C16H19ClN2O3/c1-9(15-19-8-13(22-15)16(2,3)4)21-12-6-5-10(17)7-11(12)14(18)20/h5-9H,1-4H3,(H2,18,20)/t9-/m0/s1. The number of aromatic nitrogens is 1. The molecule has 2 N–H and O–H groups in total. The molecule has 0 bridgehead atoms. The van der Waals surface area contributed by atoms with E-state index in [1.165, 1.54) is 6.07 Å². The molecule has 2 aromatic rings. The first-order chi connectivity index (χ1) is 10.2. The lowest BCUT2D eigenvalue weighted by Gasteiger charge is -2.16. The molecule has 6 heteroatoms. The molecule has 0 radical (unpaired) electrons. The minimum absolute atomic E-state index is 0.135. The van der Waals surface area contributed by atoms with Crippen LogP contribution < -0.4 is 10.5 Å². The van der Waals surface area contributed by atoms with Gasteiger partial charge in [-0.05, 0) is 25.1 Å². The van der Waals surface area contributed by atoms with Crippen LogP contribution in [-0.2, 0) is 5.41 Å². The van der Waals surface area contributed by atoms with Crippen molar-refractivity contribution in [2.45, 2.75) is 39.2 Å².